The van der Waals surface area contributed by atoms with Gasteiger partial charge in [-0.2, -0.15) is 0 Å². The van der Waals surface area contributed by atoms with Crippen molar-refractivity contribution in [2.45, 2.75) is 38.4 Å². The van der Waals surface area contributed by atoms with E-state index >= 15 is 0 Å². The lowest BCUT2D eigenvalue weighted by Crippen LogP contribution is -2.38. The Balaban J connectivity index is 4.23. The minimum Gasteiger partial charge on any atom is -0.457 e. The number of methoxy groups -OCH3 is 1. The summed E-state index contributed by atoms with van der Waals surface area (Å²) in [6.45, 7) is 6.76. The fraction of sp³-hybridized carbons (Fsp3) is 0.875. The zero-order chi connectivity index (χ0) is 9.99. The Hall–Kier alpha value is -0.280. The average molecular weight is 195 g/mol. The molecule has 0 radical (unpaired) electrons. The van der Waals surface area contributed by atoms with E-state index in [0.29, 0.717) is 0 Å². The van der Waals surface area contributed by atoms with Crippen LogP contribution in [0.4, 0.5) is 0 Å². The van der Waals surface area contributed by atoms with E-state index in [2.05, 4.69) is 0 Å². The normalized spacial score (nSPS) is 16.8. The van der Waals surface area contributed by atoms with Crippen LogP contribution in [0.25, 0.3) is 0 Å². The van der Waals surface area contributed by atoms with Crippen molar-refractivity contribution in [1.29, 1.82) is 0 Å². The van der Waals surface area contributed by atoms with Crippen molar-refractivity contribution in [2.75, 3.05) is 7.11 Å². The van der Waals surface area contributed by atoms with E-state index in [1.165, 1.54) is 14.0 Å². The van der Waals surface area contributed by atoms with Crippen molar-refractivity contribution in [3.05, 3.63) is 0 Å². The van der Waals surface area contributed by atoms with E-state index < -0.39 is 16.6 Å². The second-order valence-electron chi connectivity index (χ2n) is 3.62. The first-order chi connectivity index (χ1) is 5.19. The van der Waals surface area contributed by atoms with Crippen molar-refractivity contribution in [3.63, 3.8) is 0 Å². The van der Waals surface area contributed by atoms with Crippen LogP contribution < -0.4 is 0 Å². The number of hydrogen-bond donors (Lipinski definition) is 0. The lowest BCUT2D eigenvalue weighted by atomic mass is 10.2. The monoisotopic (exact) mass is 194 g/mol. The first kappa shape index (κ1) is 11.7. The van der Waals surface area contributed by atoms with E-state index in [0.717, 1.165) is 0 Å². The van der Waals surface area contributed by atoms with Gasteiger partial charge in [-0.1, -0.05) is 11.6 Å². The van der Waals surface area contributed by atoms with Gasteiger partial charge in [0.05, 0.1) is 0 Å². The first-order valence-corrected chi connectivity index (χ1v) is 4.04. The summed E-state index contributed by atoms with van der Waals surface area (Å²) < 4.78 is 9.73. The van der Waals surface area contributed by atoms with Crippen LogP contribution in [0.1, 0.15) is 27.7 Å². The van der Waals surface area contributed by atoms with Crippen LogP contribution >= 0.6 is 11.6 Å². The molecule has 0 aliphatic heterocycles. The summed E-state index contributed by atoms with van der Waals surface area (Å²) in [5.74, 6) is -0.570. The molecule has 0 aromatic heterocycles. The minimum absolute atomic E-state index is 0.536. The third-order valence-electron chi connectivity index (χ3n) is 1.15. The van der Waals surface area contributed by atoms with Crippen LogP contribution in [-0.2, 0) is 14.3 Å². The van der Waals surface area contributed by atoms with Crippen LogP contribution in [0.15, 0.2) is 0 Å². The average Bonchev–Trinajstić information content (AvgIpc) is 1.84. The van der Waals surface area contributed by atoms with Crippen molar-refractivity contribution < 1.29 is 14.3 Å². The summed E-state index contributed by atoms with van der Waals surface area (Å²) in [4.78, 5) is 11.2. The number of hydrogen-bond acceptors (Lipinski definition) is 3. The van der Waals surface area contributed by atoms with E-state index in [-0.39, 0.29) is 0 Å². The first-order valence-electron chi connectivity index (χ1n) is 3.66. The molecule has 3 nitrogen and oxygen atoms in total. The second kappa shape index (κ2) is 3.62. The quantitative estimate of drug-likeness (QED) is 0.498. The number of esters is 1. The molecular weight excluding hydrogens is 180 g/mol. The standard InChI is InChI=1S/C8H15ClO3/c1-7(2,3)12-6(10)8(4,9)11-5/h1-5H3. The number of alkyl halides is 1. The van der Waals surface area contributed by atoms with Crippen LogP contribution in [-0.4, -0.2) is 23.7 Å². The highest BCUT2D eigenvalue weighted by molar-refractivity contribution is 6.32. The van der Waals surface area contributed by atoms with Crippen molar-refractivity contribution >= 4 is 17.6 Å². The predicted molar refractivity (Wildman–Crippen MR) is 47.1 cm³/mol. The van der Waals surface area contributed by atoms with Gasteiger partial charge in [-0.15, -0.1) is 0 Å². The predicted octanol–water partition coefficient (Wildman–Crippen LogP) is 1.93. The molecule has 72 valence electrons. The maximum atomic E-state index is 11.2. The number of carbonyl (C=O) groups is 1. The summed E-state index contributed by atoms with van der Waals surface area (Å²) in [5, 5.41) is -1.38. The van der Waals surface area contributed by atoms with Crippen molar-refractivity contribution in [1.82, 2.24) is 0 Å². The van der Waals surface area contributed by atoms with Gasteiger partial charge in [-0.3, -0.25) is 0 Å². The Morgan fingerprint density at radius 1 is 1.25 bits per heavy atom. The molecule has 1 atom stereocenters. The summed E-state index contributed by atoms with van der Waals surface area (Å²) in [6.07, 6.45) is 0. The SMILES string of the molecule is COC(C)(Cl)C(=O)OC(C)(C)C. The summed E-state index contributed by atoms with van der Waals surface area (Å²) >= 11 is 5.68. The smallest absolute Gasteiger partial charge is 0.354 e. The Kier molecular flexibility index (Phi) is 3.54. The molecule has 0 N–H and O–H groups in total. The Morgan fingerprint density at radius 2 is 1.67 bits per heavy atom. The van der Waals surface area contributed by atoms with Gasteiger partial charge < -0.3 is 9.47 Å². The molecule has 4 heteroatoms. The van der Waals surface area contributed by atoms with Gasteiger partial charge >= 0.3 is 5.97 Å². The highest BCUT2D eigenvalue weighted by atomic mass is 35.5. The van der Waals surface area contributed by atoms with Crippen LogP contribution in [0.5, 0.6) is 0 Å². The van der Waals surface area contributed by atoms with Gasteiger partial charge in [-0.25, -0.2) is 4.79 Å². The molecule has 0 amide bonds. The second-order valence-corrected chi connectivity index (χ2v) is 4.34. The molecule has 12 heavy (non-hydrogen) atoms. The molecule has 0 bridgehead atoms. The molecule has 0 spiro atoms. The van der Waals surface area contributed by atoms with Gasteiger partial charge in [0.25, 0.3) is 0 Å². The van der Waals surface area contributed by atoms with Crippen LogP contribution in [0.2, 0.25) is 0 Å². The molecule has 1 unspecified atom stereocenters. The highest BCUT2D eigenvalue weighted by Crippen LogP contribution is 2.20. The lowest BCUT2D eigenvalue weighted by Gasteiger charge is -2.25. The third kappa shape index (κ3) is 3.93. The van der Waals surface area contributed by atoms with Gasteiger partial charge in [0.2, 0.25) is 5.06 Å². The van der Waals surface area contributed by atoms with E-state index in [1.54, 1.807) is 20.8 Å². The third-order valence-corrected chi connectivity index (χ3v) is 1.46. The maximum absolute atomic E-state index is 11.2. The Bertz CT molecular complexity index is 170. The zero-order valence-electron chi connectivity index (χ0n) is 8.10. The number of ether oxygens (including phenoxy) is 2. The van der Waals surface area contributed by atoms with E-state index in [4.69, 9.17) is 21.1 Å². The molecule has 0 aromatic carbocycles. The summed E-state index contributed by atoms with van der Waals surface area (Å²) in [5.41, 5.74) is -0.536. The van der Waals surface area contributed by atoms with Gasteiger partial charge in [-0.05, 0) is 27.7 Å². The van der Waals surface area contributed by atoms with Gasteiger partial charge in [0.1, 0.15) is 5.60 Å². The van der Waals surface area contributed by atoms with Crippen LogP contribution in [0.3, 0.4) is 0 Å². The van der Waals surface area contributed by atoms with Crippen LogP contribution in [0, 0.1) is 0 Å². The van der Waals surface area contributed by atoms with E-state index in [9.17, 15) is 4.79 Å². The van der Waals surface area contributed by atoms with Crippen molar-refractivity contribution in [2.24, 2.45) is 0 Å². The van der Waals surface area contributed by atoms with Gasteiger partial charge in [0.15, 0.2) is 0 Å². The molecule has 0 heterocycles. The number of rotatable bonds is 2. The van der Waals surface area contributed by atoms with Crippen molar-refractivity contribution in [3.8, 4) is 0 Å². The lowest BCUT2D eigenvalue weighted by molar-refractivity contribution is -0.169. The molecule has 0 saturated heterocycles. The molecule has 0 rings (SSSR count). The Labute approximate surface area is 78.0 Å². The molecule has 0 aromatic rings. The van der Waals surface area contributed by atoms with E-state index in [1.807, 2.05) is 0 Å². The highest BCUT2D eigenvalue weighted by Gasteiger charge is 2.34. The molecular formula is C8H15ClO3. The summed E-state index contributed by atoms with van der Waals surface area (Å²) in [6, 6.07) is 0. The largest absolute Gasteiger partial charge is 0.457 e. The molecule has 0 saturated carbocycles. The zero-order valence-corrected chi connectivity index (χ0v) is 8.86. The molecule has 0 fully saturated rings. The maximum Gasteiger partial charge on any atom is 0.354 e. The number of carbonyl (C=O) groups excluding carboxylic acids is 1. The fourth-order valence-corrected chi connectivity index (χ4v) is 0.491. The topological polar surface area (TPSA) is 35.5 Å². The summed E-state index contributed by atoms with van der Waals surface area (Å²) in [7, 11) is 1.36. The van der Waals surface area contributed by atoms with Gasteiger partial charge in [0, 0.05) is 7.11 Å². The number of halogens is 1. The minimum atomic E-state index is -1.38. The fourth-order valence-electron chi connectivity index (χ4n) is 0.453. The molecule has 0 aliphatic rings. The Morgan fingerprint density at radius 3 is 1.92 bits per heavy atom. The molecule has 0 aliphatic carbocycles.